The molecule has 1 heterocycles. The summed E-state index contributed by atoms with van der Waals surface area (Å²) in [6, 6.07) is 14.4. The average Bonchev–Trinajstić information content (AvgIpc) is 2.88. The Morgan fingerprint density at radius 1 is 0.971 bits per heavy atom. The van der Waals surface area contributed by atoms with Crippen LogP contribution in [0.2, 0.25) is 0 Å². The van der Waals surface area contributed by atoms with Gasteiger partial charge in [0.1, 0.15) is 5.82 Å². The summed E-state index contributed by atoms with van der Waals surface area (Å²) in [5.41, 5.74) is 1.31. The topological polar surface area (TPSA) is 81.5 Å². The molecule has 0 spiro atoms. The second kappa shape index (κ2) is 10.7. The molecule has 1 amide bonds. The fourth-order valence-electron chi connectivity index (χ4n) is 4.99. The van der Waals surface area contributed by atoms with Gasteiger partial charge in [0, 0.05) is 31.6 Å². The van der Waals surface area contributed by atoms with Gasteiger partial charge in [0.05, 0.1) is 16.5 Å². The van der Waals surface area contributed by atoms with E-state index in [-0.39, 0.29) is 41.7 Å². The fourth-order valence-corrected chi connectivity index (χ4v) is 6.46. The first-order valence-corrected chi connectivity index (χ1v) is 13.4. The number of nitrogens with zero attached hydrogens (tertiary/aromatic N) is 3. The van der Waals surface area contributed by atoms with Crippen LogP contribution in [-0.4, -0.2) is 42.7 Å². The number of piperidine rings is 1. The molecule has 2 fully saturated rings. The lowest BCUT2D eigenvalue weighted by Crippen LogP contribution is -2.47. The summed E-state index contributed by atoms with van der Waals surface area (Å²) >= 11 is 0. The highest BCUT2D eigenvalue weighted by atomic mass is 32.2. The van der Waals surface area contributed by atoms with Gasteiger partial charge < -0.3 is 4.90 Å². The van der Waals surface area contributed by atoms with Gasteiger partial charge in [0.15, 0.2) is 0 Å². The van der Waals surface area contributed by atoms with Crippen molar-refractivity contribution in [2.45, 2.75) is 62.4 Å². The summed E-state index contributed by atoms with van der Waals surface area (Å²) < 4.78 is 40.9. The molecule has 4 rings (SSSR count). The maximum absolute atomic E-state index is 13.6. The molecule has 1 aliphatic heterocycles. The number of amides is 1. The van der Waals surface area contributed by atoms with E-state index in [0.717, 1.165) is 31.2 Å². The Kier molecular flexibility index (Phi) is 7.64. The van der Waals surface area contributed by atoms with Crippen molar-refractivity contribution < 1.29 is 17.6 Å². The second-order valence-electron chi connectivity index (χ2n) is 9.20. The molecule has 0 atom stereocenters. The van der Waals surface area contributed by atoms with Crippen LogP contribution < -0.4 is 0 Å². The van der Waals surface area contributed by atoms with Gasteiger partial charge in [0.2, 0.25) is 15.9 Å². The van der Waals surface area contributed by atoms with Crippen LogP contribution in [0.3, 0.4) is 0 Å². The van der Waals surface area contributed by atoms with Gasteiger partial charge in [-0.25, -0.2) is 12.8 Å². The molecule has 0 unspecified atom stereocenters. The minimum Gasteiger partial charge on any atom is -0.335 e. The van der Waals surface area contributed by atoms with Crippen LogP contribution in [0.25, 0.3) is 0 Å². The van der Waals surface area contributed by atoms with Gasteiger partial charge in [-0.15, -0.1) is 0 Å². The standard InChI is InChI=1S/C26H30FN3O3S/c27-23-10-6-21(7-11-23)19-30(24-4-2-1-3-5-24)26(31)22-14-16-29(17-15-22)34(32,33)25-12-8-20(18-28)9-13-25/h6-13,22,24H,1-5,14-17,19H2. The van der Waals surface area contributed by atoms with Crippen molar-refractivity contribution in [3.05, 3.63) is 65.5 Å². The van der Waals surface area contributed by atoms with Crippen molar-refractivity contribution in [1.29, 1.82) is 5.26 Å². The Labute approximate surface area is 201 Å². The Bertz CT molecular complexity index is 1130. The lowest BCUT2D eigenvalue weighted by molar-refractivity contribution is -0.140. The predicted molar refractivity (Wildman–Crippen MR) is 126 cm³/mol. The molecular formula is C26H30FN3O3S. The van der Waals surface area contributed by atoms with Gasteiger partial charge in [-0.2, -0.15) is 9.57 Å². The third-order valence-electron chi connectivity index (χ3n) is 6.99. The normalized spacial score (nSPS) is 18.4. The Hall–Kier alpha value is -2.76. The van der Waals surface area contributed by atoms with E-state index in [0.29, 0.717) is 24.9 Å². The van der Waals surface area contributed by atoms with Crippen molar-refractivity contribution in [3.8, 4) is 6.07 Å². The minimum absolute atomic E-state index is 0.0756. The lowest BCUT2D eigenvalue weighted by Gasteiger charge is -2.39. The second-order valence-corrected chi connectivity index (χ2v) is 11.1. The Balaban J connectivity index is 1.44. The molecule has 0 aromatic heterocycles. The fraction of sp³-hybridized carbons (Fsp3) is 0.462. The number of hydrogen-bond donors (Lipinski definition) is 0. The highest BCUT2D eigenvalue weighted by Crippen LogP contribution is 2.30. The molecule has 8 heteroatoms. The van der Waals surface area contributed by atoms with Crippen LogP contribution in [0.1, 0.15) is 56.1 Å². The highest BCUT2D eigenvalue weighted by Gasteiger charge is 2.36. The zero-order valence-electron chi connectivity index (χ0n) is 19.2. The van der Waals surface area contributed by atoms with Crippen LogP contribution >= 0.6 is 0 Å². The molecule has 1 saturated heterocycles. The van der Waals surface area contributed by atoms with Crippen LogP contribution in [0.4, 0.5) is 4.39 Å². The average molecular weight is 484 g/mol. The molecule has 0 N–H and O–H groups in total. The van der Waals surface area contributed by atoms with E-state index in [2.05, 4.69) is 0 Å². The monoisotopic (exact) mass is 483 g/mol. The van der Waals surface area contributed by atoms with E-state index >= 15 is 0 Å². The van der Waals surface area contributed by atoms with Crippen molar-refractivity contribution in [3.63, 3.8) is 0 Å². The number of carbonyl (C=O) groups excluding carboxylic acids is 1. The van der Waals surface area contributed by atoms with Crippen molar-refractivity contribution in [2.75, 3.05) is 13.1 Å². The van der Waals surface area contributed by atoms with Crippen LogP contribution in [0.5, 0.6) is 0 Å². The third-order valence-corrected chi connectivity index (χ3v) is 8.90. The molecule has 2 aliphatic rings. The van der Waals surface area contributed by atoms with Crippen LogP contribution in [0.15, 0.2) is 53.4 Å². The Morgan fingerprint density at radius 3 is 2.18 bits per heavy atom. The van der Waals surface area contributed by atoms with E-state index in [9.17, 15) is 17.6 Å². The molecular weight excluding hydrogens is 453 g/mol. The smallest absolute Gasteiger partial charge is 0.243 e. The SMILES string of the molecule is N#Cc1ccc(S(=O)(=O)N2CCC(C(=O)N(Cc3ccc(F)cc3)C3CCCCC3)CC2)cc1. The molecule has 180 valence electrons. The predicted octanol–water partition coefficient (Wildman–Crippen LogP) is 4.46. The van der Waals surface area contributed by atoms with E-state index in [1.54, 1.807) is 12.1 Å². The van der Waals surface area contributed by atoms with Gasteiger partial charge >= 0.3 is 0 Å². The largest absolute Gasteiger partial charge is 0.335 e. The minimum atomic E-state index is -3.67. The zero-order valence-corrected chi connectivity index (χ0v) is 20.0. The van der Waals surface area contributed by atoms with E-state index in [1.807, 2.05) is 11.0 Å². The maximum Gasteiger partial charge on any atom is 0.243 e. The molecule has 34 heavy (non-hydrogen) atoms. The van der Waals surface area contributed by atoms with Crippen molar-refractivity contribution in [2.24, 2.45) is 5.92 Å². The van der Waals surface area contributed by atoms with Gasteiger partial charge in [-0.1, -0.05) is 31.4 Å². The van der Waals surface area contributed by atoms with Gasteiger partial charge in [-0.3, -0.25) is 4.79 Å². The van der Waals surface area contributed by atoms with Crippen molar-refractivity contribution in [1.82, 2.24) is 9.21 Å². The van der Waals surface area contributed by atoms with Crippen molar-refractivity contribution >= 4 is 15.9 Å². The van der Waals surface area contributed by atoms with E-state index in [4.69, 9.17) is 5.26 Å². The molecule has 2 aromatic rings. The summed E-state index contributed by atoms with van der Waals surface area (Å²) in [6.07, 6.45) is 6.26. The molecule has 0 bridgehead atoms. The van der Waals surface area contributed by atoms with Crippen LogP contribution in [-0.2, 0) is 21.4 Å². The summed E-state index contributed by atoms with van der Waals surface area (Å²) in [5.74, 6) is -0.448. The van der Waals surface area contributed by atoms with Crippen LogP contribution in [0, 0.1) is 23.1 Å². The summed E-state index contributed by atoms with van der Waals surface area (Å²) in [5, 5.41) is 8.94. The molecule has 0 radical (unpaired) electrons. The number of nitriles is 1. The number of halogens is 1. The summed E-state index contributed by atoms with van der Waals surface area (Å²) in [7, 11) is -3.67. The zero-order chi connectivity index (χ0) is 24.1. The third kappa shape index (κ3) is 5.48. The summed E-state index contributed by atoms with van der Waals surface area (Å²) in [6.45, 7) is 1.02. The molecule has 2 aromatic carbocycles. The number of carbonyl (C=O) groups is 1. The summed E-state index contributed by atoms with van der Waals surface area (Å²) in [4.78, 5) is 15.7. The van der Waals surface area contributed by atoms with Gasteiger partial charge in [-0.05, 0) is 67.6 Å². The van der Waals surface area contributed by atoms with Gasteiger partial charge in [0.25, 0.3) is 0 Å². The first kappa shape index (κ1) is 24.4. The molecule has 1 aliphatic carbocycles. The first-order valence-electron chi connectivity index (χ1n) is 11.9. The molecule has 1 saturated carbocycles. The lowest BCUT2D eigenvalue weighted by atomic mass is 9.90. The Morgan fingerprint density at radius 2 is 1.59 bits per heavy atom. The molecule has 6 nitrogen and oxygen atoms in total. The van der Waals surface area contributed by atoms with E-state index in [1.165, 1.54) is 47.1 Å². The maximum atomic E-state index is 13.6. The van der Waals surface area contributed by atoms with E-state index < -0.39 is 10.0 Å². The quantitative estimate of drug-likeness (QED) is 0.608. The number of benzene rings is 2. The number of sulfonamides is 1. The first-order chi connectivity index (χ1) is 16.4. The highest BCUT2D eigenvalue weighted by molar-refractivity contribution is 7.89. The number of hydrogen-bond acceptors (Lipinski definition) is 4. The number of rotatable bonds is 6.